The number of aryl methyl sites for hydroxylation is 2. The summed E-state index contributed by atoms with van der Waals surface area (Å²) in [6, 6.07) is 9.58. The van der Waals surface area contributed by atoms with E-state index < -0.39 is 0 Å². The highest BCUT2D eigenvalue weighted by Crippen LogP contribution is 2.18. The third-order valence-electron chi connectivity index (χ3n) is 3.91. The van der Waals surface area contributed by atoms with Gasteiger partial charge < -0.3 is 5.32 Å². The average molecular weight is 247 g/mol. The van der Waals surface area contributed by atoms with Crippen molar-refractivity contribution in [3.8, 4) is 0 Å². The molecule has 0 aromatic heterocycles. The van der Waals surface area contributed by atoms with E-state index in [-0.39, 0.29) is 0 Å². The monoisotopic (exact) mass is 247 g/mol. The second-order valence-corrected chi connectivity index (χ2v) is 5.27. The molecule has 1 heteroatoms. The van der Waals surface area contributed by atoms with Gasteiger partial charge in [0.15, 0.2) is 0 Å². The van der Waals surface area contributed by atoms with Gasteiger partial charge in [-0.05, 0) is 37.8 Å². The highest BCUT2D eigenvalue weighted by atomic mass is 14.9. The summed E-state index contributed by atoms with van der Waals surface area (Å²) >= 11 is 0. The Kier molecular flexibility index (Phi) is 7.04. The average Bonchev–Trinajstić information content (AvgIpc) is 2.37. The van der Waals surface area contributed by atoms with Gasteiger partial charge in [-0.3, -0.25) is 0 Å². The number of hydrogen-bond donors (Lipinski definition) is 1. The van der Waals surface area contributed by atoms with Crippen LogP contribution >= 0.6 is 0 Å². The lowest BCUT2D eigenvalue weighted by molar-refractivity contribution is 0.322. The third-order valence-corrected chi connectivity index (χ3v) is 3.91. The van der Waals surface area contributed by atoms with Gasteiger partial charge in [0.2, 0.25) is 0 Å². The molecule has 18 heavy (non-hydrogen) atoms. The lowest BCUT2D eigenvalue weighted by atomic mass is 9.89. The second-order valence-electron chi connectivity index (χ2n) is 5.27. The summed E-state index contributed by atoms with van der Waals surface area (Å²) in [4.78, 5) is 0. The molecule has 1 rings (SSSR count). The smallest absolute Gasteiger partial charge is 0.00981 e. The zero-order chi connectivity index (χ0) is 13.4. The highest BCUT2D eigenvalue weighted by molar-refractivity contribution is 5.22. The molecule has 0 fully saturated rings. The fraction of sp³-hybridized carbons (Fsp3) is 0.647. The molecule has 1 N–H and O–H groups in total. The van der Waals surface area contributed by atoms with Gasteiger partial charge in [-0.15, -0.1) is 0 Å². The molecule has 1 aromatic rings. The summed E-state index contributed by atoms with van der Waals surface area (Å²) in [5, 5.41) is 3.67. The molecule has 0 saturated heterocycles. The van der Waals surface area contributed by atoms with E-state index in [4.69, 9.17) is 0 Å². The minimum absolute atomic E-state index is 0.672. The van der Waals surface area contributed by atoms with Crippen molar-refractivity contribution in [3.05, 3.63) is 35.4 Å². The first-order valence-electron chi connectivity index (χ1n) is 7.50. The topological polar surface area (TPSA) is 12.0 Å². The minimum Gasteiger partial charge on any atom is -0.314 e. The van der Waals surface area contributed by atoms with Crippen molar-refractivity contribution < 1.29 is 0 Å². The Hall–Kier alpha value is -0.820. The van der Waals surface area contributed by atoms with E-state index in [0.29, 0.717) is 6.04 Å². The normalized spacial score (nSPS) is 12.9. The first-order chi connectivity index (χ1) is 8.71. The molecule has 1 aromatic carbocycles. The molecule has 1 atom stereocenters. The molecule has 0 amide bonds. The van der Waals surface area contributed by atoms with Gasteiger partial charge in [-0.25, -0.2) is 0 Å². The Bertz CT molecular complexity index is 328. The van der Waals surface area contributed by atoms with Crippen molar-refractivity contribution in [1.29, 1.82) is 0 Å². The van der Waals surface area contributed by atoms with Crippen molar-refractivity contribution in [2.75, 3.05) is 6.54 Å². The molecule has 0 spiro atoms. The van der Waals surface area contributed by atoms with Crippen LogP contribution in [0.3, 0.4) is 0 Å². The first kappa shape index (κ1) is 15.2. The maximum atomic E-state index is 3.67. The number of nitrogens with one attached hydrogen (secondary N) is 1. The largest absolute Gasteiger partial charge is 0.314 e. The Morgan fingerprint density at radius 3 is 2.39 bits per heavy atom. The van der Waals surface area contributed by atoms with Gasteiger partial charge in [0.05, 0.1) is 0 Å². The van der Waals surface area contributed by atoms with Crippen molar-refractivity contribution in [2.24, 2.45) is 5.92 Å². The summed E-state index contributed by atoms with van der Waals surface area (Å²) in [5.74, 6) is 0.815. The van der Waals surface area contributed by atoms with Crippen LogP contribution in [0.5, 0.6) is 0 Å². The second kappa shape index (κ2) is 8.31. The molecule has 0 aliphatic heterocycles. The van der Waals surface area contributed by atoms with Crippen LogP contribution in [0, 0.1) is 12.8 Å². The predicted molar refractivity (Wildman–Crippen MR) is 81.0 cm³/mol. The molecule has 0 bridgehead atoms. The molecule has 0 heterocycles. The van der Waals surface area contributed by atoms with Gasteiger partial charge in [-0.1, -0.05) is 63.4 Å². The summed E-state index contributed by atoms with van der Waals surface area (Å²) in [5.41, 5.74) is 2.85. The predicted octanol–water partition coefficient (Wildman–Crippen LogP) is 4.34. The van der Waals surface area contributed by atoms with Crippen LogP contribution in [0.4, 0.5) is 0 Å². The van der Waals surface area contributed by atoms with E-state index in [2.05, 4.69) is 57.3 Å². The van der Waals surface area contributed by atoms with Crippen LogP contribution in [-0.4, -0.2) is 12.6 Å². The van der Waals surface area contributed by atoms with Crippen LogP contribution in [0.2, 0.25) is 0 Å². The van der Waals surface area contributed by atoms with Crippen molar-refractivity contribution in [3.63, 3.8) is 0 Å². The van der Waals surface area contributed by atoms with Crippen LogP contribution in [0.1, 0.15) is 51.2 Å². The summed E-state index contributed by atoms with van der Waals surface area (Å²) in [6.07, 6.45) is 5.00. The molecule has 102 valence electrons. The summed E-state index contributed by atoms with van der Waals surface area (Å²) in [6.45, 7) is 10.1. The molecule has 0 aliphatic rings. The maximum Gasteiger partial charge on any atom is 0.00981 e. The molecule has 1 unspecified atom stereocenters. The fourth-order valence-corrected chi connectivity index (χ4v) is 2.81. The third kappa shape index (κ3) is 4.81. The zero-order valence-corrected chi connectivity index (χ0v) is 12.5. The van der Waals surface area contributed by atoms with Crippen LogP contribution in [-0.2, 0) is 6.42 Å². The van der Waals surface area contributed by atoms with E-state index in [1.54, 1.807) is 0 Å². The van der Waals surface area contributed by atoms with E-state index in [0.717, 1.165) is 12.5 Å². The lowest BCUT2D eigenvalue weighted by Gasteiger charge is -2.26. The van der Waals surface area contributed by atoms with Crippen LogP contribution in [0.25, 0.3) is 0 Å². The van der Waals surface area contributed by atoms with Crippen molar-refractivity contribution in [2.45, 2.75) is 59.4 Å². The Labute approximate surface area is 113 Å². The lowest BCUT2D eigenvalue weighted by Crippen LogP contribution is -2.36. The first-order valence-corrected chi connectivity index (χ1v) is 7.50. The van der Waals surface area contributed by atoms with Gasteiger partial charge >= 0.3 is 0 Å². The van der Waals surface area contributed by atoms with Gasteiger partial charge in [0.25, 0.3) is 0 Å². The highest BCUT2D eigenvalue weighted by Gasteiger charge is 2.16. The summed E-state index contributed by atoms with van der Waals surface area (Å²) in [7, 11) is 0. The molecular formula is C17H29N. The van der Waals surface area contributed by atoms with E-state index >= 15 is 0 Å². The van der Waals surface area contributed by atoms with Gasteiger partial charge in [0.1, 0.15) is 0 Å². The molecule has 0 saturated carbocycles. The standard InChI is InChI=1S/C17H29N/c1-5-16(6-2)17(18-7-3)12-11-15-10-8-9-14(4)13-15/h8-10,13,16-18H,5-7,11-12H2,1-4H3. The zero-order valence-electron chi connectivity index (χ0n) is 12.5. The number of rotatable bonds is 8. The van der Waals surface area contributed by atoms with Gasteiger partial charge in [0, 0.05) is 6.04 Å². The van der Waals surface area contributed by atoms with Gasteiger partial charge in [-0.2, -0.15) is 0 Å². The fourth-order valence-electron chi connectivity index (χ4n) is 2.81. The van der Waals surface area contributed by atoms with Crippen molar-refractivity contribution >= 4 is 0 Å². The number of hydrogen-bond acceptors (Lipinski definition) is 1. The molecular weight excluding hydrogens is 218 g/mol. The van der Waals surface area contributed by atoms with Crippen molar-refractivity contribution in [1.82, 2.24) is 5.32 Å². The van der Waals surface area contributed by atoms with Crippen LogP contribution < -0.4 is 5.32 Å². The van der Waals surface area contributed by atoms with Crippen LogP contribution in [0.15, 0.2) is 24.3 Å². The quantitative estimate of drug-likeness (QED) is 0.720. The minimum atomic E-state index is 0.672. The maximum absolute atomic E-state index is 3.67. The Morgan fingerprint density at radius 2 is 1.83 bits per heavy atom. The van der Waals surface area contributed by atoms with E-state index in [9.17, 15) is 0 Å². The number of benzene rings is 1. The molecule has 1 nitrogen and oxygen atoms in total. The van der Waals surface area contributed by atoms with E-state index in [1.165, 1.54) is 36.8 Å². The Morgan fingerprint density at radius 1 is 1.11 bits per heavy atom. The summed E-state index contributed by atoms with van der Waals surface area (Å²) < 4.78 is 0. The van der Waals surface area contributed by atoms with E-state index in [1.807, 2.05) is 0 Å². The molecule has 0 aliphatic carbocycles. The Balaban J connectivity index is 2.56. The SMILES string of the molecule is CCNC(CCc1cccc(C)c1)C(CC)CC. The molecule has 0 radical (unpaired) electrons.